The van der Waals surface area contributed by atoms with Gasteiger partial charge < -0.3 is 34.7 Å². The highest BCUT2D eigenvalue weighted by molar-refractivity contribution is 7.86. The first-order valence-corrected chi connectivity index (χ1v) is 24.1. The number of pyridine rings is 1. The predicted octanol–water partition coefficient (Wildman–Crippen LogP) is 3.96. The van der Waals surface area contributed by atoms with Crippen LogP contribution < -0.4 is 21.5 Å². The lowest BCUT2D eigenvalue weighted by Gasteiger charge is -2.17. The number of nitrogens with one attached hydrogen (secondary N) is 3. The smallest absolute Gasteiger partial charge is 0.281 e. The van der Waals surface area contributed by atoms with E-state index in [-0.39, 0.29) is 35.6 Å². The topological polar surface area (TPSA) is 313 Å². The third-order valence-corrected chi connectivity index (χ3v) is 11.8. The molecule has 0 bridgehead atoms. The molecule has 0 aliphatic rings. The van der Waals surface area contributed by atoms with Gasteiger partial charge in [-0.15, -0.1) is 10.2 Å². The summed E-state index contributed by atoms with van der Waals surface area (Å²) < 4.78 is 106. The molecule has 0 saturated heterocycles. The van der Waals surface area contributed by atoms with Crippen LogP contribution in [0.2, 0.25) is 25.7 Å². The fraction of sp³-hybridized carbons (Fsp3) is 0.333. The van der Waals surface area contributed by atoms with Crippen LogP contribution in [0.5, 0.6) is 5.88 Å². The van der Waals surface area contributed by atoms with E-state index in [1.54, 1.807) is 0 Å². The maximum absolute atomic E-state index is 13.1. The lowest BCUT2D eigenvalue weighted by molar-refractivity contribution is 0.403. The summed E-state index contributed by atoms with van der Waals surface area (Å²) in [5.41, 5.74) is -2.25. The summed E-state index contributed by atoms with van der Waals surface area (Å²) >= 11 is 0. The highest BCUT2D eigenvalue weighted by Gasteiger charge is 2.21. The Kier molecular flexibility index (Phi) is 12.6. The van der Waals surface area contributed by atoms with E-state index in [1.807, 2.05) is 0 Å². The standard InChI is InChI=1S/C30H39N9O11S3Si/c1-6-39-26(40)22(17-51(42,43)44)18(2)25(27(39)41)38-37-23-16-20(10-13-24(23)53(48,49)50)33-30-35-28(31-14-7-15-54(3,4)5)34-29(36-30)32-19-8-11-21(12-9-19)52(45,46)47/h8-13,16,40H,6-7,14-15,17H2,1-5H3,(H,42,43,44)(H,45,46,47)(H,48,49,50)(H3,31,32,33,34,35,36)/p-3. The Morgan fingerprint density at radius 1 is 0.833 bits per heavy atom. The van der Waals surface area contributed by atoms with Gasteiger partial charge in [-0.2, -0.15) is 15.0 Å². The average Bonchev–Trinajstić information content (AvgIpc) is 3.04. The van der Waals surface area contributed by atoms with Crippen LogP contribution in [0.4, 0.5) is 40.6 Å². The van der Waals surface area contributed by atoms with Crippen molar-refractivity contribution in [3.8, 4) is 5.88 Å². The highest BCUT2D eigenvalue weighted by Crippen LogP contribution is 2.33. The van der Waals surface area contributed by atoms with E-state index in [1.165, 1.54) is 32.0 Å². The molecule has 4 aromatic rings. The Bertz CT molecular complexity index is 2470. The predicted molar refractivity (Wildman–Crippen MR) is 197 cm³/mol. The zero-order valence-electron chi connectivity index (χ0n) is 29.5. The number of nitrogens with zero attached hydrogens (tertiary/aromatic N) is 6. The van der Waals surface area contributed by atoms with E-state index < -0.39 is 82.3 Å². The molecular formula is C30H36N9O11S3Si-3. The maximum atomic E-state index is 13.1. The number of benzene rings is 2. The molecule has 2 heterocycles. The van der Waals surface area contributed by atoms with Gasteiger partial charge >= 0.3 is 0 Å². The van der Waals surface area contributed by atoms with Crippen molar-refractivity contribution in [3.05, 3.63) is 63.9 Å². The molecule has 0 atom stereocenters. The molecule has 0 amide bonds. The Balaban J connectivity index is 1.75. The molecule has 4 rings (SSSR count). The Morgan fingerprint density at radius 2 is 1.41 bits per heavy atom. The third kappa shape index (κ3) is 11.3. The summed E-state index contributed by atoms with van der Waals surface area (Å²) in [4.78, 5) is 24.9. The summed E-state index contributed by atoms with van der Waals surface area (Å²) in [6, 6.07) is 9.09. The van der Waals surface area contributed by atoms with Gasteiger partial charge in [-0.25, -0.2) is 25.3 Å². The number of aromatic nitrogens is 4. The second kappa shape index (κ2) is 16.3. The Morgan fingerprint density at radius 3 is 1.94 bits per heavy atom. The van der Waals surface area contributed by atoms with Crippen molar-refractivity contribution in [3.63, 3.8) is 0 Å². The van der Waals surface area contributed by atoms with Gasteiger partial charge in [0, 0.05) is 38.1 Å². The van der Waals surface area contributed by atoms with Crippen LogP contribution in [0.15, 0.2) is 67.3 Å². The molecule has 292 valence electrons. The molecule has 0 fully saturated rings. The van der Waals surface area contributed by atoms with Gasteiger partial charge in [0.05, 0.1) is 25.7 Å². The highest BCUT2D eigenvalue weighted by atomic mass is 32.2. The molecule has 24 heteroatoms. The summed E-state index contributed by atoms with van der Waals surface area (Å²) in [7, 11) is -16.1. The van der Waals surface area contributed by atoms with Gasteiger partial charge in [-0.05, 0) is 68.3 Å². The number of aromatic hydroxyl groups is 1. The summed E-state index contributed by atoms with van der Waals surface area (Å²) in [5.74, 6) is -1.95. The van der Waals surface area contributed by atoms with Crippen LogP contribution in [0.25, 0.3) is 0 Å². The van der Waals surface area contributed by atoms with Gasteiger partial charge in [0.15, 0.2) is 11.6 Å². The number of rotatable bonds is 16. The second-order valence-corrected chi connectivity index (χ2v) is 22.7. The number of hydrogen-bond acceptors (Lipinski definition) is 19. The molecule has 2 aromatic heterocycles. The van der Waals surface area contributed by atoms with E-state index in [0.717, 1.165) is 41.3 Å². The molecule has 54 heavy (non-hydrogen) atoms. The molecule has 4 N–H and O–H groups in total. The van der Waals surface area contributed by atoms with Crippen molar-refractivity contribution in [1.82, 2.24) is 19.5 Å². The molecule has 2 aromatic carbocycles. The van der Waals surface area contributed by atoms with Gasteiger partial charge in [-0.3, -0.25) is 9.36 Å². The lowest BCUT2D eigenvalue weighted by Crippen LogP contribution is -2.22. The molecule has 0 unspecified atom stereocenters. The largest absolute Gasteiger partial charge is 0.748 e. The van der Waals surface area contributed by atoms with Crippen LogP contribution in [0.1, 0.15) is 24.5 Å². The Hall–Kier alpha value is -4.85. The number of hydrogen-bond donors (Lipinski definition) is 4. The molecule has 0 aliphatic heterocycles. The van der Waals surface area contributed by atoms with Crippen molar-refractivity contribution < 1.29 is 44.0 Å². The fourth-order valence-corrected chi connectivity index (χ4v) is 7.95. The van der Waals surface area contributed by atoms with Crippen molar-refractivity contribution in [2.24, 2.45) is 10.2 Å². The summed E-state index contributed by atoms with van der Waals surface area (Å²) in [5, 5.41) is 27.0. The van der Waals surface area contributed by atoms with Crippen molar-refractivity contribution in [2.75, 3.05) is 22.5 Å². The molecule has 0 spiro atoms. The SMILES string of the molecule is CCn1c(O)c(CS(=O)(=O)[O-])c(C)c(N=Nc2cc(Nc3nc(NCCC[Si](C)(C)C)nc(Nc4ccc(S(=O)(=O)[O-])cc4)n3)ccc2S(=O)(=O)[O-])c1=O. The van der Waals surface area contributed by atoms with Crippen LogP contribution in [-0.2, 0) is 42.7 Å². The monoisotopic (exact) mass is 822 g/mol. The summed E-state index contributed by atoms with van der Waals surface area (Å²) in [6.45, 7) is 9.69. The normalized spacial score (nSPS) is 12.6. The van der Waals surface area contributed by atoms with Gasteiger partial charge in [0.1, 0.15) is 25.9 Å². The third-order valence-electron chi connectivity index (χ3n) is 7.58. The minimum absolute atomic E-state index is 0.0255. The molecular weight excluding hydrogens is 787 g/mol. The van der Waals surface area contributed by atoms with Crippen LogP contribution in [0, 0.1) is 6.92 Å². The zero-order valence-corrected chi connectivity index (χ0v) is 33.0. The summed E-state index contributed by atoms with van der Waals surface area (Å²) in [6.07, 6.45) is 0.815. The van der Waals surface area contributed by atoms with E-state index in [0.29, 0.717) is 12.2 Å². The van der Waals surface area contributed by atoms with Crippen LogP contribution in [-0.4, -0.2) is 78.2 Å². The Labute approximate surface area is 312 Å². The van der Waals surface area contributed by atoms with E-state index in [4.69, 9.17) is 0 Å². The average molecular weight is 823 g/mol. The van der Waals surface area contributed by atoms with E-state index in [9.17, 15) is 48.8 Å². The van der Waals surface area contributed by atoms with Gasteiger partial charge in [-0.1, -0.05) is 25.7 Å². The number of azo groups is 1. The molecule has 0 aliphatic carbocycles. The van der Waals surface area contributed by atoms with E-state index >= 15 is 0 Å². The van der Waals surface area contributed by atoms with Crippen LogP contribution >= 0.6 is 0 Å². The lowest BCUT2D eigenvalue weighted by atomic mass is 10.1. The fourth-order valence-electron chi connectivity index (χ4n) is 4.96. The first kappa shape index (κ1) is 41.9. The number of anilines is 5. The quantitative estimate of drug-likeness (QED) is 0.0538. The van der Waals surface area contributed by atoms with Crippen molar-refractivity contribution in [1.29, 1.82) is 0 Å². The van der Waals surface area contributed by atoms with Crippen molar-refractivity contribution in [2.45, 2.75) is 68.0 Å². The minimum atomic E-state index is -5.17. The maximum Gasteiger partial charge on any atom is 0.281 e. The first-order chi connectivity index (χ1) is 24.9. The molecule has 0 saturated carbocycles. The second-order valence-electron chi connectivity index (χ2n) is 13.0. The van der Waals surface area contributed by atoms with Gasteiger partial charge in [0.25, 0.3) is 5.56 Å². The molecule has 20 nitrogen and oxygen atoms in total. The van der Waals surface area contributed by atoms with Crippen LogP contribution in [0.3, 0.4) is 0 Å². The zero-order chi connectivity index (χ0) is 40.2. The molecule has 0 radical (unpaired) electrons. The minimum Gasteiger partial charge on any atom is -0.748 e. The van der Waals surface area contributed by atoms with Crippen molar-refractivity contribution >= 4 is 79.0 Å². The first-order valence-electron chi connectivity index (χ1n) is 16.0. The van der Waals surface area contributed by atoms with E-state index in [2.05, 4.69) is 60.8 Å². The van der Waals surface area contributed by atoms with Gasteiger partial charge in [0.2, 0.25) is 17.8 Å².